The number of hydrogen-bond acceptors (Lipinski definition) is 2. The molecule has 0 aliphatic heterocycles. The summed E-state index contributed by atoms with van der Waals surface area (Å²) in [5, 5.41) is 3.33. The Morgan fingerprint density at radius 3 is 2.86 bits per heavy atom. The Balaban J connectivity index is 2.46. The van der Waals surface area contributed by atoms with Crippen LogP contribution in [0.5, 0.6) is 0 Å². The number of hydrogen-bond donors (Lipinski definition) is 1. The molecule has 2 heteroatoms. The van der Waals surface area contributed by atoms with Gasteiger partial charge in [0, 0.05) is 25.3 Å². The van der Waals surface area contributed by atoms with Gasteiger partial charge >= 0.3 is 0 Å². The molecule has 77 valence electrons. The Labute approximate surface area is 86.9 Å². The Morgan fingerprint density at radius 1 is 1.43 bits per heavy atom. The third kappa shape index (κ3) is 3.38. The Hall–Kier alpha value is -1.02. The Morgan fingerprint density at radius 2 is 2.29 bits per heavy atom. The Bertz CT molecular complexity index is 233. The molecule has 0 unspecified atom stereocenters. The molecular weight excluding hydrogens is 172 g/mol. The van der Waals surface area contributed by atoms with Crippen LogP contribution in [-0.4, -0.2) is 26.2 Å². The quantitative estimate of drug-likeness (QED) is 0.691. The Kier molecular flexibility index (Phi) is 5.08. The average Bonchev–Trinajstić information content (AvgIpc) is 2.26. The van der Waals surface area contributed by atoms with E-state index in [2.05, 4.69) is 36.2 Å². The molecule has 1 aromatic rings. The second kappa shape index (κ2) is 6.44. The molecule has 0 aliphatic carbocycles. The van der Waals surface area contributed by atoms with E-state index in [0.29, 0.717) is 0 Å². The van der Waals surface area contributed by atoms with E-state index in [0.717, 1.165) is 26.2 Å². The predicted octanol–water partition coefficient (Wildman–Crippen LogP) is 1.92. The van der Waals surface area contributed by atoms with E-state index < -0.39 is 0 Å². The van der Waals surface area contributed by atoms with Gasteiger partial charge in [-0.05, 0) is 31.7 Å². The maximum atomic E-state index is 3.33. The molecule has 0 spiro atoms. The first kappa shape index (κ1) is 11.1. The third-order valence-corrected chi connectivity index (χ3v) is 2.25. The molecule has 0 aliphatic rings. The van der Waals surface area contributed by atoms with Crippen LogP contribution in [0.25, 0.3) is 0 Å². The first-order chi connectivity index (χ1) is 6.88. The second-order valence-electron chi connectivity index (χ2n) is 3.19. The molecule has 14 heavy (non-hydrogen) atoms. The molecule has 0 heterocycles. The summed E-state index contributed by atoms with van der Waals surface area (Å²) in [4.78, 5) is 2.35. The minimum absolute atomic E-state index is 1.04. The highest BCUT2D eigenvalue weighted by molar-refractivity contribution is 5.45. The van der Waals surface area contributed by atoms with E-state index in [1.54, 1.807) is 0 Å². The van der Waals surface area contributed by atoms with Crippen LogP contribution < -0.4 is 10.2 Å². The molecule has 0 bridgehead atoms. The maximum absolute atomic E-state index is 3.33. The molecule has 1 N–H and O–H groups in total. The van der Waals surface area contributed by atoms with E-state index in [1.807, 2.05) is 18.2 Å². The third-order valence-electron chi connectivity index (χ3n) is 2.25. The van der Waals surface area contributed by atoms with Gasteiger partial charge in [-0.15, -0.1) is 0 Å². The average molecular weight is 191 g/mol. The van der Waals surface area contributed by atoms with Gasteiger partial charge in [-0.25, -0.2) is 0 Å². The number of benzene rings is 1. The molecule has 0 aromatic heterocycles. The smallest absolute Gasteiger partial charge is 0.0372 e. The predicted molar refractivity (Wildman–Crippen MR) is 61.7 cm³/mol. The number of likely N-dealkylation sites (N-methyl/N-ethyl adjacent to an activating group) is 2. The standard InChI is InChI=1S/C12H19N2/c1-3-13-10-11-14(4-2)12-8-6-5-7-9-12/h5-6,8-9,13H,3-4,10-11H2,1-2H3. The first-order valence-corrected chi connectivity index (χ1v) is 5.30. The largest absolute Gasteiger partial charge is 0.371 e. The van der Waals surface area contributed by atoms with Crippen molar-refractivity contribution in [1.29, 1.82) is 0 Å². The van der Waals surface area contributed by atoms with Gasteiger partial charge in [0.1, 0.15) is 0 Å². The van der Waals surface area contributed by atoms with Gasteiger partial charge in [0.15, 0.2) is 0 Å². The number of nitrogens with zero attached hydrogens (tertiary/aromatic N) is 1. The molecule has 1 rings (SSSR count). The highest BCUT2D eigenvalue weighted by atomic mass is 15.1. The summed E-state index contributed by atoms with van der Waals surface area (Å²) in [5.74, 6) is 0. The van der Waals surface area contributed by atoms with Crippen LogP contribution in [0.3, 0.4) is 0 Å². The van der Waals surface area contributed by atoms with Crippen LogP contribution in [0.15, 0.2) is 24.3 Å². The minimum Gasteiger partial charge on any atom is -0.371 e. The minimum atomic E-state index is 1.04. The number of rotatable bonds is 6. The molecule has 0 saturated heterocycles. The van der Waals surface area contributed by atoms with Crippen LogP contribution in [-0.2, 0) is 0 Å². The van der Waals surface area contributed by atoms with Gasteiger partial charge in [-0.1, -0.05) is 19.1 Å². The molecule has 0 atom stereocenters. The first-order valence-electron chi connectivity index (χ1n) is 5.30. The SMILES string of the molecule is CCNCCN(CC)c1c[c]ccc1. The lowest BCUT2D eigenvalue weighted by Crippen LogP contribution is -2.31. The molecule has 2 nitrogen and oxygen atoms in total. The van der Waals surface area contributed by atoms with Crippen LogP contribution in [0.2, 0.25) is 0 Å². The second-order valence-corrected chi connectivity index (χ2v) is 3.19. The lowest BCUT2D eigenvalue weighted by Gasteiger charge is -2.22. The summed E-state index contributed by atoms with van der Waals surface area (Å²) in [5.41, 5.74) is 1.26. The molecule has 0 saturated carbocycles. The summed E-state index contributed by atoms with van der Waals surface area (Å²) in [7, 11) is 0. The molecule has 0 fully saturated rings. The van der Waals surface area contributed by atoms with Crippen LogP contribution >= 0.6 is 0 Å². The number of nitrogens with one attached hydrogen (secondary N) is 1. The summed E-state index contributed by atoms with van der Waals surface area (Å²) in [6.07, 6.45) is 0. The zero-order valence-electron chi connectivity index (χ0n) is 9.09. The highest BCUT2D eigenvalue weighted by Crippen LogP contribution is 2.11. The van der Waals surface area contributed by atoms with Crippen LogP contribution in [0.4, 0.5) is 5.69 Å². The number of anilines is 1. The summed E-state index contributed by atoms with van der Waals surface area (Å²) in [6, 6.07) is 11.2. The van der Waals surface area contributed by atoms with E-state index in [1.165, 1.54) is 5.69 Å². The van der Waals surface area contributed by atoms with Crippen molar-refractivity contribution in [2.45, 2.75) is 13.8 Å². The lowest BCUT2D eigenvalue weighted by atomic mass is 10.3. The van der Waals surface area contributed by atoms with Gasteiger partial charge in [-0.2, -0.15) is 0 Å². The van der Waals surface area contributed by atoms with Gasteiger partial charge < -0.3 is 10.2 Å². The summed E-state index contributed by atoms with van der Waals surface area (Å²) >= 11 is 0. The van der Waals surface area contributed by atoms with E-state index in [-0.39, 0.29) is 0 Å². The van der Waals surface area contributed by atoms with Gasteiger partial charge in [0.25, 0.3) is 0 Å². The van der Waals surface area contributed by atoms with Crippen molar-refractivity contribution < 1.29 is 0 Å². The van der Waals surface area contributed by atoms with Crippen molar-refractivity contribution in [2.24, 2.45) is 0 Å². The van der Waals surface area contributed by atoms with E-state index in [4.69, 9.17) is 0 Å². The zero-order valence-corrected chi connectivity index (χ0v) is 9.09. The normalized spacial score (nSPS) is 10.1. The fraction of sp³-hybridized carbons (Fsp3) is 0.500. The maximum Gasteiger partial charge on any atom is 0.0372 e. The fourth-order valence-corrected chi connectivity index (χ4v) is 1.44. The van der Waals surface area contributed by atoms with Crippen LogP contribution in [0.1, 0.15) is 13.8 Å². The van der Waals surface area contributed by atoms with Crippen molar-refractivity contribution >= 4 is 5.69 Å². The van der Waals surface area contributed by atoms with Crippen molar-refractivity contribution in [1.82, 2.24) is 5.32 Å². The van der Waals surface area contributed by atoms with Crippen molar-refractivity contribution in [3.05, 3.63) is 30.3 Å². The summed E-state index contributed by atoms with van der Waals surface area (Å²) < 4.78 is 0. The van der Waals surface area contributed by atoms with Gasteiger partial charge in [0.2, 0.25) is 0 Å². The summed E-state index contributed by atoms with van der Waals surface area (Å²) in [6.45, 7) is 8.49. The van der Waals surface area contributed by atoms with E-state index in [9.17, 15) is 0 Å². The molecule has 1 aromatic carbocycles. The van der Waals surface area contributed by atoms with E-state index >= 15 is 0 Å². The van der Waals surface area contributed by atoms with Crippen molar-refractivity contribution in [3.63, 3.8) is 0 Å². The van der Waals surface area contributed by atoms with Crippen LogP contribution in [0, 0.1) is 6.07 Å². The zero-order chi connectivity index (χ0) is 10.2. The highest BCUT2D eigenvalue weighted by Gasteiger charge is 2.01. The molecular formula is C12H19N2. The fourth-order valence-electron chi connectivity index (χ4n) is 1.44. The molecule has 0 amide bonds. The van der Waals surface area contributed by atoms with Gasteiger partial charge in [0.05, 0.1) is 0 Å². The monoisotopic (exact) mass is 191 g/mol. The van der Waals surface area contributed by atoms with Crippen molar-refractivity contribution in [3.8, 4) is 0 Å². The van der Waals surface area contributed by atoms with Gasteiger partial charge in [-0.3, -0.25) is 0 Å². The van der Waals surface area contributed by atoms with Crippen molar-refractivity contribution in [2.75, 3.05) is 31.1 Å². The molecule has 1 radical (unpaired) electrons. The lowest BCUT2D eigenvalue weighted by molar-refractivity contribution is 0.688. The topological polar surface area (TPSA) is 15.3 Å².